The Labute approximate surface area is 138 Å². The maximum absolute atomic E-state index is 12.7. The van der Waals surface area contributed by atoms with E-state index in [1.54, 1.807) is 18.2 Å². The van der Waals surface area contributed by atoms with E-state index in [-0.39, 0.29) is 12.5 Å². The smallest absolute Gasteiger partial charge is 0.340 e. The molecule has 2 N–H and O–H groups in total. The van der Waals surface area contributed by atoms with Crippen molar-refractivity contribution < 1.29 is 18.0 Å². The van der Waals surface area contributed by atoms with Gasteiger partial charge in [0.1, 0.15) is 6.04 Å². The molecule has 3 nitrogen and oxygen atoms in total. The molecule has 0 bridgehead atoms. The van der Waals surface area contributed by atoms with Crippen LogP contribution < -0.4 is 5.73 Å². The molecule has 0 saturated carbocycles. The van der Waals surface area contributed by atoms with Crippen LogP contribution >= 0.6 is 0 Å². The third-order valence-electron chi connectivity index (χ3n) is 3.75. The molecule has 2 aromatic rings. The predicted octanol–water partition coefficient (Wildman–Crippen LogP) is 3.67. The number of nitrogens with zero attached hydrogens (tertiary/aromatic N) is 1. The van der Waals surface area contributed by atoms with E-state index in [4.69, 9.17) is 5.73 Å². The SMILES string of the molecule is Cc1ccc(C(N)C(=O)N(C)Cc2cccc(C(F)(F)F)c2)cc1. The molecular formula is C18H19F3N2O. The van der Waals surface area contributed by atoms with Gasteiger partial charge in [0.25, 0.3) is 0 Å². The van der Waals surface area contributed by atoms with Crippen LogP contribution in [0, 0.1) is 6.92 Å². The molecule has 0 radical (unpaired) electrons. The van der Waals surface area contributed by atoms with E-state index in [0.29, 0.717) is 11.1 Å². The lowest BCUT2D eigenvalue weighted by atomic mass is 10.0. The number of halogens is 3. The first kappa shape index (κ1) is 18.0. The zero-order valence-electron chi connectivity index (χ0n) is 13.5. The lowest BCUT2D eigenvalue weighted by Gasteiger charge is -2.22. The lowest BCUT2D eigenvalue weighted by Crippen LogP contribution is -2.35. The Bertz CT molecular complexity index is 711. The molecular weight excluding hydrogens is 317 g/mol. The lowest BCUT2D eigenvalue weighted by molar-refractivity contribution is -0.137. The van der Waals surface area contributed by atoms with Crippen molar-refractivity contribution in [2.45, 2.75) is 25.7 Å². The third kappa shape index (κ3) is 4.35. The third-order valence-corrected chi connectivity index (χ3v) is 3.75. The standard InChI is InChI=1S/C18H19F3N2O/c1-12-6-8-14(9-7-12)16(22)17(24)23(2)11-13-4-3-5-15(10-13)18(19,20)21/h3-10,16H,11,22H2,1-2H3. The van der Waals surface area contributed by atoms with Crippen molar-refractivity contribution in [3.63, 3.8) is 0 Å². The summed E-state index contributed by atoms with van der Waals surface area (Å²) in [5.74, 6) is -0.351. The minimum Gasteiger partial charge on any atom is -0.340 e. The first-order valence-electron chi connectivity index (χ1n) is 7.42. The van der Waals surface area contributed by atoms with Crippen LogP contribution in [0.15, 0.2) is 48.5 Å². The van der Waals surface area contributed by atoms with Crippen LogP contribution in [0.25, 0.3) is 0 Å². The predicted molar refractivity (Wildman–Crippen MR) is 86.0 cm³/mol. The van der Waals surface area contributed by atoms with Crippen LogP contribution in [0.5, 0.6) is 0 Å². The second-order valence-electron chi connectivity index (χ2n) is 5.78. The van der Waals surface area contributed by atoms with Gasteiger partial charge in [-0.25, -0.2) is 0 Å². The van der Waals surface area contributed by atoms with Crippen molar-refractivity contribution in [3.8, 4) is 0 Å². The number of carbonyl (C=O) groups is 1. The summed E-state index contributed by atoms with van der Waals surface area (Å²) in [7, 11) is 1.52. The Morgan fingerprint density at radius 3 is 2.38 bits per heavy atom. The number of nitrogens with two attached hydrogens (primary N) is 1. The number of likely N-dealkylation sites (N-methyl/N-ethyl adjacent to an activating group) is 1. The Morgan fingerprint density at radius 1 is 1.17 bits per heavy atom. The maximum Gasteiger partial charge on any atom is 0.416 e. The zero-order chi connectivity index (χ0) is 17.9. The summed E-state index contributed by atoms with van der Waals surface area (Å²) in [6, 6.07) is 11.3. The van der Waals surface area contributed by atoms with Crippen molar-refractivity contribution in [1.82, 2.24) is 4.90 Å². The van der Waals surface area contributed by atoms with Gasteiger partial charge in [-0.15, -0.1) is 0 Å². The molecule has 0 spiro atoms. The van der Waals surface area contributed by atoms with Crippen molar-refractivity contribution >= 4 is 5.91 Å². The van der Waals surface area contributed by atoms with E-state index in [2.05, 4.69) is 0 Å². The molecule has 1 unspecified atom stereocenters. The highest BCUT2D eigenvalue weighted by atomic mass is 19.4. The highest BCUT2D eigenvalue weighted by Crippen LogP contribution is 2.29. The molecule has 24 heavy (non-hydrogen) atoms. The molecule has 0 aliphatic rings. The van der Waals surface area contributed by atoms with Gasteiger partial charge >= 0.3 is 6.18 Å². The molecule has 6 heteroatoms. The Balaban J connectivity index is 2.10. The fraction of sp³-hybridized carbons (Fsp3) is 0.278. The number of alkyl halides is 3. The van der Waals surface area contributed by atoms with Crippen molar-refractivity contribution in [3.05, 3.63) is 70.8 Å². The van der Waals surface area contributed by atoms with E-state index in [0.717, 1.165) is 17.7 Å². The van der Waals surface area contributed by atoms with Crippen LogP contribution in [-0.4, -0.2) is 17.9 Å². The van der Waals surface area contributed by atoms with Gasteiger partial charge in [0.15, 0.2) is 0 Å². The van der Waals surface area contributed by atoms with Gasteiger partial charge in [0.05, 0.1) is 5.56 Å². The first-order valence-corrected chi connectivity index (χ1v) is 7.42. The molecule has 1 atom stereocenters. The van der Waals surface area contributed by atoms with E-state index in [9.17, 15) is 18.0 Å². The largest absolute Gasteiger partial charge is 0.416 e. The van der Waals surface area contributed by atoms with Gasteiger partial charge in [-0.3, -0.25) is 4.79 Å². The van der Waals surface area contributed by atoms with Crippen LogP contribution in [0.3, 0.4) is 0 Å². The molecule has 0 aliphatic heterocycles. The number of aryl methyl sites for hydroxylation is 1. The summed E-state index contributed by atoms with van der Waals surface area (Å²) in [6.45, 7) is 1.99. The number of amides is 1. The number of rotatable bonds is 4. The van der Waals surface area contributed by atoms with Gasteiger partial charge < -0.3 is 10.6 Å². The monoisotopic (exact) mass is 336 g/mol. The maximum atomic E-state index is 12.7. The first-order chi connectivity index (χ1) is 11.2. The average molecular weight is 336 g/mol. The van der Waals surface area contributed by atoms with Gasteiger partial charge in [0.2, 0.25) is 5.91 Å². The second kappa shape index (κ2) is 7.05. The van der Waals surface area contributed by atoms with Crippen LogP contribution in [0.1, 0.15) is 28.3 Å². The minimum atomic E-state index is -4.41. The molecule has 0 heterocycles. The Kier molecular flexibility index (Phi) is 5.29. The van der Waals surface area contributed by atoms with E-state index < -0.39 is 17.8 Å². The fourth-order valence-corrected chi connectivity index (χ4v) is 2.35. The highest BCUT2D eigenvalue weighted by Gasteiger charge is 2.30. The molecule has 0 aromatic heterocycles. The summed E-state index contributed by atoms with van der Waals surface area (Å²) in [5, 5.41) is 0. The van der Waals surface area contributed by atoms with Gasteiger partial charge in [-0.2, -0.15) is 13.2 Å². The van der Waals surface area contributed by atoms with E-state index >= 15 is 0 Å². The second-order valence-corrected chi connectivity index (χ2v) is 5.78. The Hall–Kier alpha value is -2.34. The minimum absolute atomic E-state index is 0.0579. The molecule has 128 valence electrons. The summed E-state index contributed by atoms with van der Waals surface area (Å²) in [5.41, 5.74) is 7.36. The van der Waals surface area contributed by atoms with Crippen molar-refractivity contribution in [2.24, 2.45) is 5.73 Å². The number of carbonyl (C=O) groups excluding carboxylic acids is 1. The van der Waals surface area contributed by atoms with Crippen molar-refractivity contribution in [2.75, 3.05) is 7.05 Å². The quantitative estimate of drug-likeness (QED) is 0.926. The normalized spacial score (nSPS) is 12.8. The Morgan fingerprint density at radius 2 is 1.79 bits per heavy atom. The number of hydrogen-bond acceptors (Lipinski definition) is 2. The van der Waals surface area contributed by atoms with Gasteiger partial charge in [0, 0.05) is 13.6 Å². The summed E-state index contributed by atoms with van der Waals surface area (Å²) in [6.07, 6.45) is -4.41. The number of hydrogen-bond donors (Lipinski definition) is 1. The van der Waals surface area contributed by atoms with Crippen LogP contribution in [0.2, 0.25) is 0 Å². The number of benzene rings is 2. The molecule has 1 amide bonds. The molecule has 2 aromatic carbocycles. The average Bonchev–Trinajstić information content (AvgIpc) is 2.53. The molecule has 0 fully saturated rings. The van der Waals surface area contributed by atoms with Crippen LogP contribution in [0.4, 0.5) is 13.2 Å². The van der Waals surface area contributed by atoms with Gasteiger partial charge in [-0.05, 0) is 30.2 Å². The summed E-state index contributed by atoms with van der Waals surface area (Å²) < 4.78 is 38.2. The summed E-state index contributed by atoms with van der Waals surface area (Å²) in [4.78, 5) is 13.7. The zero-order valence-corrected chi connectivity index (χ0v) is 13.5. The molecule has 0 saturated heterocycles. The van der Waals surface area contributed by atoms with E-state index in [1.165, 1.54) is 18.0 Å². The van der Waals surface area contributed by atoms with Crippen LogP contribution in [-0.2, 0) is 17.5 Å². The molecule has 0 aliphatic carbocycles. The summed E-state index contributed by atoms with van der Waals surface area (Å²) >= 11 is 0. The molecule has 2 rings (SSSR count). The highest BCUT2D eigenvalue weighted by molar-refractivity contribution is 5.82. The topological polar surface area (TPSA) is 46.3 Å². The van der Waals surface area contributed by atoms with E-state index in [1.807, 2.05) is 19.1 Å². The van der Waals surface area contributed by atoms with Crippen molar-refractivity contribution in [1.29, 1.82) is 0 Å². The fourth-order valence-electron chi connectivity index (χ4n) is 2.35. The van der Waals surface area contributed by atoms with Gasteiger partial charge in [-0.1, -0.05) is 42.0 Å².